The van der Waals surface area contributed by atoms with E-state index in [2.05, 4.69) is 0 Å². The van der Waals surface area contributed by atoms with E-state index in [1.54, 1.807) is 31.2 Å². The van der Waals surface area contributed by atoms with Gasteiger partial charge < -0.3 is 16.2 Å². The van der Waals surface area contributed by atoms with Crippen molar-refractivity contribution in [3.63, 3.8) is 0 Å². The Hall–Kier alpha value is -2.04. The molecule has 0 radical (unpaired) electrons. The van der Waals surface area contributed by atoms with Gasteiger partial charge in [-0.2, -0.15) is 0 Å². The van der Waals surface area contributed by atoms with Gasteiger partial charge in [0.25, 0.3) is 5.91 Å². The Bertz CT molecular complexity index is 432. The summed E-state index contributed by atoms with van der Waals surface area (Å²) < 4.78 is 4.91. The fraction of sp³-hybridized carbons (Fsp3) is 0.333. The third kappa shape index (κ3) is 3.48. The summed E-state index contributed by atoms with van der Waals surface area (Å²) in [6.45, 7) is 3.12. The number of anilines is 1. The molecule has 1 amide bonds. The molecule has 17 heavy (non-hydrogen) atoms. The maximum atomic E-state index is 11.7. The third-order valence-electron chi connectivity index (χ3n) is 2.46. The molecule has 0 bridgehead atoms. The summed E-state index contributed by atoms with van der Waals surface area (Å²) in [6.07, 6.45) is -0.925. The van der Waals surface area contributed by atoms with Gasteiger partial charge in [0.15, 0.2) is 6.10 Å². The topological polar surface area (TPSA) is 95.4 Å². The van der Waals surface area contributed by atoms with E-state index in [0.717, 1.165) is 5.56 Å². The van der Waals surface area contributed by atoms with Crippen LogP contribution in [0.3, 0.4) is 0 Å². The molecule has 0 saturated carbocycles. The second-order valence-corrected chi connectivity index (χ2v) is 3.87. The molecule has 0 aliphatic rings. The van der Waals surface area contributed by atoms with E-state index in [4.69, 9.17) is 16.2 Å². The summed E-state index contributed by atoms with van der Waals surface area (Å²) in [4.78, 5) is 22.5. The molecule has 2 atom stereocenters. The van der Waals surface area contributed by atoms with Gasteiger partial charge in [0.05, 0.1) is 5.92 Å². The molecule has 5 heteroatoms. The molecule has 0 saturated heterocycles. The van der Waals surface area contributed by atoms with Crippen LogP contribution in [0.5, 0.6) is 0 Å². The Morgan fingerprint density at radius 1 is 1.29 bits per heavy atom. The number of carbonyl (C=O) groups excluding carboxylic acids is 2. The van der Waals surface area contributed by atoms with Gasteiger partial charge in [-0.05, 0) is 31.5 Å². The lowest BCUT2D eigenvalue weighted by atomic mass is 10.0. The fourth-order valence-corrected chi connectivity index (χ4v) is 1.30. The summed E-state index contributed by atoms with van der Waals surface area (Å²) in [5.74, 6) is -1.65. The van der Waals surface area contributed by atoms with E-state index in [1.807, 2.05) is 0 Å². The maximum Gasteiger partial charge on any atom is 0.313 e. The van der Waals surface area contributed by atoms with Crippen LogP contribution in [0.4, 0.5) is 5.69 Å². The number of esters is 1. The number of amides is 1. The van der Waals surface area contributed by atoms with Gasteiger partial charge in [0.1, 0.15) is 0 Å². The van der Waals surface area contributed by atoms with Crippen molar-refractivity contribution >= 4 is 17.6 Å². The molecule has 1 aromatic carbocycles. The largest absolute Gasteiger partial charge is 0.452 e. The lowest BCUT2D eigenvalue weighted by Crippen LogP contribution is -2.31. The second-order valence-electron chi connectivity index (χ2n) is 3.87. The molecule has 0 aromatic heterocycles. The van der Waals surface area contributed by atoms with Crippen LogP contribution in [0, 0.1) is 0 Å². The van der Waals surface area contributed by atoms with E-state index in [0.29, 0.717) is 5.69 Å². The number of primary amides is 1. The van der Waals surface area contributed by atoms with E-state index >= 15 is 0 Å². The zero-order valence-corrected chi connectivity index (χ0v) is 9.84. The van der Waals surface area contributed by atoms with Crippen molar-refractivity contribution in [1.29, 1.82) is 0 Å². The van der Waals surface area contributed by atoms with Gasteiger partial charge in [-0.1, -0.05) is 12.1 Å². The van der Waals surface area contributed by atoms with Crippen molar-refractivity contribution in [3.8, 4) is 0 Å². The zero-order valence-electron chi connectivity index (χ0n) is 9.84. The number of carbonyl (C=O) groups is 2. The number of hydrogen-bond donors (Lipinski definition) is 2. The summed E-state index contributed by atoms with van der Waals surface area (Å²) >= 11 is 0. The van der Waals surface area contributed by atoms with Crippen molar-refractivity contribution in [2.75, 3.05) is 5.73 Å². The first-order valence-corrected chi connectivity index (χ1v) is 5.27. The molecule has 92 valence electrons. The van der Waals surface area contributed by atoms with Crippen LogP contribution in [-0.4, -0.2) is 18.0 Å². The van der Waals surface area contributed by atoms with Crippen LogP contribution in [0.15, 0.2) is 24.3 Å². The Labute approximate surface area is 99.7 Å². The second kappa shape index (κ2) is 5.34. The Morgan fingerprint density at radius 2 is 1.94 bits per heavy atom. The molecular weight excluding hydrogens is 220 g/mol. The van der Waals surface area contributed by atoms with Crippen molar-refractivity contribution in [3.05, 3.63) is 29.8 Å². The highest BCUT2D eigenvalue weighted by molar-refractivity contribution is 5.84. The van der Waals surface area contributed by atoms with Gasteiger partial charge in [-0.15, -0.1) is 0 Å². The molecule has 0 heterocycles. The fourth-order valence-electron chi connectivity index (χ4n) is 1.30. The van der Waals surface area contributed by atoms with Crippen LogP contribution < -0.4 is 11.5 Å². The summed E-state index contributed by atoms with van der Waals surface area (Å²) in [6, 6.07) is 6.96. The maximum absolute atomic E-state index is 11.7. The monoisotopic (exact) mass is 236 g/mol. The lowest BCUT2D eigenvalue weighted by Gasteiger charge is -2.15. The van der Waals surface area contributed by atoms with E-state index < -0.39 is 23.9 Å². The van der Waals surface area contributed by atoms with Crippen molar-refractivity contribution in [2.45, 2.75) is 25.9 Å². The Kier molecular flexibility index (Phi) is 4.09. The van der Waals surface area contributed by atoms with Gasteiger partial charge in [0.2, 0.25) is 0 Å². The molecule has 4 N–H and O–H groups in total. The molecule has 1 rings (SSSR count). The minimum absolute atomic E-state index is 0.486. The Morgan fingerprint density at radius 3 is 2.47 bits per heavy atom. The number of ether oxygens (including phenoxy) is 1. The van der Waals surface area contributed by atoms with Crippen LogP contribution in [0.1, 0.15) is 25.3 Å². The van der Waals surface area contributed by atoms with E-state index in [9.17, 15) is 9.59 Å². The highest BCUT2D eigenvalue weighted by Crippen LogP contribution is 2.19. The predicted octanol–water partition coefficient (Wildman–Crippen LogP) is 0.789. The van der Waals surface area contributed by atoms with Crippen molar-refractivity contribution in [1.82, 2.24) is 0 Å². The smallest absolute Gasteiger partial charge is 0.313 e. The van der Waals surface area contributed by atoms with Gasteiger partial charge in [0, 0.05) is 5.69 Å². The Balaban J connectivity index is 2.73. The van der Waals surface area contributed by atoms with E-state index in [1.165, 1.54) is 6.92 Å². The van der Waals surface area contributed by atoms with Gasteiger partial charge >= 0.3 is 5.97 Å². The van der Waals surface area contributed by atoms with E-state index in [-0.39, 0.29) is 0 Å². The molecule has 2 unspecified atom stereocenters. The van der Waals surface area contributed by atoms with Crippen LogP contribution in [0.25, 0.3) is 0 Å². The first-order chi connectivity index (χ1) is 7.91. The molecule has 1 aromatic rings. The molecule has 0 aliphatic heterocycles. The average Bonchev–Trinajstić information content (AvgIpc) is 2.27. The molecule has 0 fully saturated rings. The summed E-state index contributed by atoms with van der Waals surface area (Å²) in [5, 5.41) is 0. The highest BCUT2D eigenvalue weighted by atomic mass is 16.5. The number of nitrogen functional groups attached to an aromatic ring is 1. The first kappa shape index (κ1) is 13.0. The highest BCUT2D eigenvalue weighted by Gasteiger charge is 2.21. The minimum Gasteiger partial charge on any atom is -0.452 e. The standard InChI is InChI=1S/C12H16N2O3/c1-7(9-4-3-5-10(13)6-9)12(16)17-8(2)11(14)15/h3-8H,13H2,1-2H3,(H2,14,15). The van der Waals surface area contributed by atoms with Crippen LogP contribution in [0.2, 0.25) is 0 Å². The molecular formula is C12H16N2O3. The number of rotatable bonds is 4. The molecule has 0 aliphatic carbocycles. The zero-order chi connectivity index (χ0) is 13.0. The first-order valence-electron chi connectivity index (χ1n) is 5.27. The third-order valence-corrected chi connectivity index (χ3v) is 2.46. The molecule has 5 nitrogen and oxygen atoms in total. The van der Waals surface area contributed by atoms with Crippen LogP contribution in [-0.2, 0) is 14.3 Å². The quantitative estimate of drug-likeness (QED) is 0.596. The average molecular weight is 236 g/mol. The predicted molar refractivity (Wildman–Crippen MR) is 64.0 cm³/mol. The van der Waals surface area contributed by atoms with Crippen molar-refractivity contribution < 1.29 is 14.3 Å². The SMILES string of the molecule is CC(OC(=O)C(C)c1cccc(N)c1)C(N)=O. The van der Waals surface area contributed by atoms with Gasteiger partial charge in [-0.25, -0.2) is 0 Å². The number of nitrogens with two attached hydrogens (primary N) is 2. The number of hydrogen-bond acceptors (Lipinski definition) is 4. The normalized spacial score (nSPS) is 13.8. The molecule has 0 spiro atoms. The lowest BCUT2D eigenvalue weighted by molar-refractivity contribution is -0.154. The van der Waals surface area contributed by atoms with Gasteiger partial charge in [-0.3, -0.25) is 9.59 Å². The minimum atomic E-state index is -0.925. The summed E-state index contributed by atoms with van der Waals surface area (Å²) in [5.41, 5.74) is 11.9. The van der Waals surface area contributed by atoms with Crippen molar-refractivity contribution in [2.24, 2.45) is 5.73 Å². The summed E-state index contributed by atoms with van der Waals surface area (Å²) in [7, 11) is 0. The number of benzene rings is 1. The van der Waals surface area contributed by atoms with Crippen LogP contribution >= 0.6 is 0 Å².